The third kappa shape index (κ3) is 6.26. The predicted molar refractivity (Wildman–Crippen MR) is 103 cm³/mol. The summed E-state index contributed by atoms with van der Waals surface area (Å²) in [6, 6.07) is 6.42. The topological polar surface area (TPSA) is 41.3 Å². The second-order valence-electron chi connectivity index (χ2n) is 6.24. The minimum Gasteiger partial charge on any atom is -0.439 e. The van der Waals surface area contributed by atoms with Crippen LogP contribution in [-0.4, -0.2) is 36.6 Å². The van der Waals surface area contributed by atoms with E-state index in [1.54, 1.807) is 12.3 Å². The second-order valence-corrected chi connectivity index (χ2v) is 6.24. The van der Waals surface area contributed by atoms with Crippen LogP contribution in [0.2, 0.25) is 0 Å². The van der Waals surface area contributed by atoms with Crippen molar-refractivity contribution in [2.75, 3.05) is 26.7 Å². The number of benzene rings is 1. The molecule has 2 heterocycles. The van der Waals surface area contributed by atoms with Gasteiger partial charge < -0.3 is 9.73 Å². The van der Waals surface area contributed by atoms with Crippen LogP contribution < -0.4 is 5.32 Å². The molecule has 1 aliphatic heterocycles. The molecule has 0 aliphatic carbocycles. The Balaban J connectivity index is 0.00000156. The molecule has 0 amide bonds. The van der Waals surface area contributed by atoms with Crippen molar-refractivity contribution in [3.63, 3.8) is 0 Å². The van der Waals surface area contributed by atoms with Gasteiger partial charge in [0.25, 0.3) is 0 Å². The molecule has 1 aromatic carbocycles. The monoisotopic (exact) mass is 389 g/mol. The Morgan fingerprint density at radius 3 is 2.72 bits per heavy atom. The Bertz CT molecular complexity index is 630. The molecular weight excluding hydrogens is 364 g/mol. The van der Waals surface area contributed by atoms with E-state index in [0.717, 1.165) is 37.7 Å². The first-order chi connectivity index (χ1) is 11.2. The molecule has 25 heavy (non-hydrogen) atoms. The van der Waals surface area contributed by atoms with Crippen LogP contribution in [0.3, 0.4) is 0 Å². The van der Waals surface area contributed by atoms with E-state index >= 15 is 0 Å². The van der Waals surface area contributed by atoms with Crippen LogP contribution in [0.1, 0.15) is 25.2 Å². The van der Waals surface area contributed by atoms with Gasteiger partial charge in [0, 0.05) is 5.56 Å². The number of piperidine rings is 1. The number of rotatable bonds is 6. The van der Waals surface area contributed by atoms with E-state index in [0.29, 0.717) is 11.7 Å². The van der Waals surface area contributed by atoms with Crippen LogP contribution in [0, 0.1) is 11.7 Å². The molecule has 140 valence electrons. The first-order valence-corrected chi connectivity index (χ1v) is 8.32. The molecule has 1 aromatic heterocycles. The van der Waals surface area contributed by atoms with Crippen molar-refractivity contribution in [3.05, 3.63) is 42.2 Å². The molecule has 1 saturated heterocycles. The molecule has 1 fully saturated rings. The van der Waals surface area contributed by atoms with Gasteiger partial charge in [-0.1, -0.05) is 12.1 Å². The minimum atomic E-state index is -0.260. The highest BCUT2D eigenvalue weighted by molar-refractivity contribution is 5.85. The first-order valence-electron chi connectivity index (χ1n) is 8.32. The Morgan fingerprint density at radius 1 is 1.28 bits per heavy atom. The lowest BCUT2D eigenvalue weighted by atomic mass is 9.93. The van der Waals surface area contributed by atoms with Gasteiger partial charge in [0.05, 0.1) is 12.7 Å². The number of likely N-dealkylation sites (tertiary alicyclic amines) is 1. The highest BCUT2D eigenvalue weighted by atomic mass is 35.5. The van der Waals surface area contributed by atoms with E-state index in [4.69, 9.17) is 4.42 Å². The molecule has 1 N–H and O–H groups in total. The van der Waals surface area contributed by atoms with Gasteiger partial charge in [-0.05, 0) is 64.0 Å². The zero-order valence-corrected chi connectivity index (χ0v) is 16.0. The number of nitrogens with one attached hydrogen (secondary N) is 1. The van der Waals surface area contributed by atoms with Gasteiger partial charge in [-0.25, -0.2) is 9.37 Å². The fourth-order valence-corrected chi connectivity index (χ4v) is 3.13. The molecule has 1 aliphatic rings. The molecule has 0 bridgehead atoms. The number of halogens is 3. The summed E-state index contributed by atoms with van der Waals surface area (Å²) in [4.78, 5) is 6.73. The third-order valence-electron chi connectivity index (χ3n) is 4.53. The SMILES string of the molecule is CNCCC1CCN(Cc2ncc(-c3cccc(F)c3)o2)CC1.Cl.Cl. The largest absolute Gasteiger partial charge is 0.439 e. The Labute approximate surface area is 161 Å². The van der Waals surface area contributed by atoms with Crippen molar-refractivity contribution in [1.82, 2.24) is 15.2 Å². The lowest BCUT2D eigenvalue weighted by Gasteiger charge is -2.31. The number of oxazole rings is 1. The fourth-order valence-electron chi connectivity index (χ4n) is 3.13. The highest BCUT2D eigenvalue weighted by Gasteiger charge is 2.20. The van der Waals surface area contributed by atoms with Gasteiger partial charge in [-0.3, -0.25) is 4.90 Å². The van der Waals surface area contributed by atoms with Gasteiger partial charge in [-0.15, -0.1) is 24.8 Å². The normalized spacial score (nSPS) is 15.4. The maximum Gasteiger partial charge on any atom is 0.209 e. The van der Waals surface area contributed by atoms with E-state index in [1.165, 1.54) is 31.4 Å². The van der Waals surface area contributed by atoms with Crippen molar-refractivity contribution in [2.24, 2.45) is 5.92 Å². The van der Waals surface area contributed by atoms with Crippen molar-refractivity contribution >= 4 is 24.8 Å². The third-order valence-corrected chi connectivity index (χ3v) is 4.53. The fraction of sp³-hybridized carbons (Fsp3) is 0.500. The average Bonchev–Trinajstić information content (AvgIpc) is 3.03. The summed E-state index contributed by atoms with van der Waals surface area (Å²) in [6.07, 6.45) is 5.41. The summed E-state index contributed by atoms with van der Waals surface area (Å²) in [5.74, 6) is 1.90. The van der Waals surface area contributed by atoms with E-state index in [9.17, 15) is 4.39 Å². The summed E-state index contributed by atoms with van der Waals surface area (Å²) in [5, 5.41) is 3.22. The van der Waals surface area contributed by atoms with Crippen molar-refractivity contribution in [3.8, 4) is 11.3 Å². The first kappa shape index (κ1) is 21.9. The molecule has 4 nitrogen and oxygen atoms in total. The maximum absolute atomic E-state index is 13.3. The van der Waals surface area contributed by atoms with Crippen LogP contribution in [0.15, 0.2) is 34.9 Å². The average molecular weight is 390 g/mol. The predicted octanol–water partition coefficient (Wildman–Crippen LogP) is 4.15. The van der Waals surface area contributed by atoms with Gasteiger partial charge in [-0.2, -0.15) is 0 Å². The van der Waals surface area contributed by atoms with Crippen LogP contribution in [0.25, 0.3) is 11.3 Å². The maximum atomic E-state index is 13.3. The summed E-state index contributed by atoms with van der Waals surface area (Å²) >= 11 is 0. The molecule has 0 spiro atoms. The summed E-state index contributed by atoms with van der Waals surface area (Å²) in [6.45, 7) is 4.01. The zero-order chi connectivity index (χ0) is 16.1. The molecule has 0 unspecified atom stereocenters. The molecule has 0 atom stereocenters. The van der Waals surface area contributed by atoms with E-state index in [2.05, 4.69) is 15.2 Å². The quantitative estimate of drug-likeness (QED) is 0.805. The van der Waals surface area contributed by atoms with Crippen molar-refractivity contribution in [1.29, 1.82) is 0 Å². The summed E-state index contributed by atoms with van der Waals surface area (Å²) < 4.78 is 19.1. The standard InChI is InChI=1S/C18H24FN3O.2ClH/c1-20-8-5-14-6-9-22(10-7-14)13-18-21-12-17(23-18)15-3-2-4-16(19)11-15;;/h2-4,11-12,14,20H,5-10,13H2,1H3;2*1H. The van der Waals surface area contributed by atoms with Crippen LogP contribution in [0.5, 0.6) is 0 Å². The van der Waals surface area contributed by atoms with Gasteiger partial charge in [0.15, 0.2) is 5.76 Å². The lowest BCUT2D eigenvalue weighted by Crippen LogP contribution is -2.34. The molecule has 0 saturated carbocycles. The van der Waals surface area contributed by atoms with Gasteiger partial charge >= 0.3 is 0 Å². The van der Waals surface area contributed by atoms with Gasteiger partial charge in [0.2, 0.25) is 5.89 Å². The Hall–Kier alpha value is -1.14. The number of hydrogen-bond acceptors (Lipinski definition) is 4. The molecular formula is C18H26Cl2FN3O. The molecule has 3 rings (SSSR count). The highest BCUT2D eigenvalue weighted by Crippen LogP contribution is 2.24. The van der Waals surface area contributed by atoms with Crippen molar-refractivity contribution in [2.45, 2.75) is 25.8 Å². The second kappa shape index (κ2) is 10.8. The number of hydrogen-bond donors (Lipinski definition) is 1. The molecule has 0 radical (unpaired) electrons. The van der Waals surface area contributed by atoms with Gasteiger partial charge in [0.1, 0.15) is 5.82 Å². The van der Waals surface area contributed by atoms with E-state index in [-0.39, 0.29) is 30.6 Å². The molecule has 2 aromatic rings. The van der Waals surface area contributed by atoms with Crippen LogP contribution >= 0.6 is 24.8 Å². The minimum absolute atomic E-state index is 0. The van der Waals surface area contributed by atoms with E-state index in [1.807, 2.05) is 13.1 Å². The summed E-state index contributed by atoms with van der Waals surface area (Å²) in [5.41, 5.74) is 0.731. The summed E-state index contributed by atoms with van der Waals surface area (Å²) in [7, 11) is 2.01. The number of aromatic nitrogens is 1. The Kier molecular flexibility index (Phi) is 9.43. The lowest BCUT2D eigenvalue weighted by molar-refractivity contribution is 0.160. The smallest absolute Gasteiger partial charge is 0.209 e. The Morgan fingerprint density at radius 2 is 2.04 bits per heavy atom. The van der Waals surface area contributed by atoms with E-state index < -0.39 is 0 Å². The van der Waals surface area contributed by atoms with Crippen LogP contribution in [0.4, 0.5) is 4.39 Å². The van der Waals surface area contributed by atoms with Crippen LogP contribution in [-0.2, 0) is 6.54 Å². The number of nitrogens with zero attached hydrogens (tertiary/aromatic N) is 2. The molecule has 7 heteroatoms. The zero-order valence-electron chi connectivity index (χ0n) is 14.4. The van der Waals surface area contributed by atoms with Crippen molar-refractivity contribution < 1.29 is 8.81 Å².